The highest BCUT2D eigenvalue weighted by molar-refractivity contribution is 5.16. The Morgan fingerprint density at radius 3 is 2.70 bits per heavy atom. The van der Waals surface area contributed by atoms with E-state index in [1.807, 2.05) is 0 Å². The molecule has 116 valence electrons. The van der Waals surface area contributed by atoms with Crippen molar-refractivity contribution in [3.8, 4) is 0 Å². The topological polar surface area (TPSA) is 72.2 Å². The third-order valence-corrected chi connectivity index (χ3v) is 2.08. The Balaban J connectivity index is 2.14. The smallest absolute Gasteiger partial charge is 0.407 e. The summed E-state index contributed by atoms with van der Waals surface area (Å²) in [5.74, 6) is 0.936. The molecule has 0 saturated heterocycles. The molecular formula is C11H19F3N4O2. The first-order chi connectivity index (χ1) is 9.37. The summed E-state index contributed by atoms with van der Waals surface area (Å²) in [6.45, 7) is 4.25. The molecule has 6 nitrogen and oxygen atoms in total. The molecule has 1 aromatic rings. The molecule has 1 heterocycles. The number of halogens is 3. The van der Waals surface area contributed by atoms with Crippen LogP contribution in [0.3, 0.4) is 0 Å². The number of aromatic nitrogens is 2. The zero-order chi connectivity index (χ0) is 15.0. The lowest BCUT2D eigenvalue weighted by molar-refractivity contribution is -0.172. The van der Waals surface area contributed by atoms with Crippen molar-refractivity contribution in [3.63, 3.8) is 0 Å². The predicted molar refractivity (Wildman–Crippen MR) is 66.2 cm³/mol. The van der Waals surface area contributed by atoms with E-state index in [2.05, 4.69) is 39.4 Å². The van der Waals surface area contributed by atoms with Crippen molar-refractivity contribution in [1.29, 1.82) is 0 Å². The van der Waals surface area contributed by atoms with E-state index in [1.54, 1.807) is 0 Å². The SMILES string of the molecule is CC(C)CNCc1nnc(NCCOCC(F)(F)F)o1. The Morgan fingerprint density at radius 1 is 1.30 bits per heavy atom. The van der Waals surface area contributed by atoms with Crippen LogP contribution in [0.4, 0.5) is 19.2 Å². The number of hydrogen-bond acceptors (Lipinski definition) is 6. The lowest BCUT2D eigenvalue weighted by Crippen LogP contribution is -2.20. The standard InChI is InChI=1S/C11H19F3N4O2/c1-8(2)5-15-6-9-17-18-10(20-9)16-3-4-19-7-11(12,13)14/h8,15H,3-7H2,1-2H3,(H,16,18). The summed E-state index contributed by atoms with van der Waals surface area (Å²) in [6, 6.07) is 0.168. The minimum Gasteiger partial charge on any atom is -0.407 e. The van der Waals surface area contributed by atoms with E-state index in [-0.39, 0.29) is 19.2 Å². The first kappa shape index (κ1) is 16.7. The van der Waals surface area contributed by atoms with Gasteiger partial charge >= 0.3 is 12.2 Å². The molecule has 0 spiro atoms. The van der Waals surface area contributed by atoms with E-state index >= 15 is 0 Å². The van der Waals surface area contributed by atoms with Crippen LogP contribution < -0.4 is 10.6 Å². The van der Waals surface area contributed by atoms with Gasteiger partial charge in [0.1, 0.15) is 6.61 Å². The van der Waals surface area contributed by atoms with Crippen molar-refractivity contribution in [2.75, 3.05) is 31.6 Å². The van der Waals surface area contributed by atoms with Crippen molar-refractivity contribution in [2.24, 2.45) is 5.92 Å². The number of alkyl halides is 3. The predicted octanol–water partition coefficient (Wildman–Crippen LogP) is 1.81. The molecule has 0 aliphatic carbocycles. The number of hydrogen-bond donors (Lipinski definition) is 2. The Hall–Kier alpha value is -1.35. The van der Waals surface area contributed by atoms with E-state index in [9.17, 15) is 13.2 Å². The number of anilines is 1. The van der Waals surface area contributed by atoms with Crippen LogP contribution >= 0.6 is 0 Å². The molecule has 0 aliphatic heterocycles. The summed E-state index contributed by atoms with van der Waals surface area (Å²) in [7, 11) is 0. The number of nitrogens with zero attached hydrogens (tertiary/aromatic N) is 2. The lowest BCUT2D eigenvalue weighted by atomic mass is 10.2. The Morgan fingerprint density at radius 2 is 2.05 bits per heavy atom. The minimum absolute atomic E-state index is 0.0944. The molecule has 0 fully saturated rings. The molecule has 20 heavy (non-hydrogen) atoms. The molecule has 0 aromatic carbocycles. The molecule has 2 N–H and O–H groups in total. The van der Waals surface area contributed by atoms with Crippen molar-refractivity contribution in [3.05, 3.63) is 5.89 Å². The minimum atomic E-state index is -4.31. The van der Waals surface area contributed by atoms with Gasteiger partial charge in [-0.3, -0.25) is 0 Å². The number of ether oxygens (including phenoxy) is 1. The van der Waals surface area contributed by atoms with Gasteiger partial charge in [-0.15, -0.1) is 5.10 Å². The van der Waals surface area contributed by atoms with Crippen LogP contribution in [0, 0.1) is 5.92 Å². The van der Waals surface area contributed by atoms with Crippen LogP contribution in [0.2, 0.25) is 0 Å². The van der Waals surface area contributed by atoms with Gasteiger partial charge in [0.25, 0.3) is 0 Å². The molecule has 0 saturated carbocycles. The molecule has 1 aromatic heterocycles. The maximum absolute atomic E-state index is 11.8. The van der Waals surface area contributed by atoms with Crippen LogP contribution in [0.25, 0.3) is 0 Å². The highest BCUT2D eigenvalue weighted by atomic mass is 19.4. The van der Waals surface area contributed by atoms with Crippen LogP contribution in [-0.2, 0) is 11.3 Å². The third kappa shape index (κ3) is 7.95. The van der Waals surface area contributed by atoms with Gasteiger partial charge < -0.3 is 19.8 Å². The van der Waals surface area contributed by atoms with Crippen molar-refractivity contribution in [2.45, 2.75) is 26.6 Å². The van der Waals surface area contributed by atoms with E-state index < -0.39 is 12.8 Å². The summed E-state index contributed by atoms with van der Waals surface area (Å²) < 4.78 is 45.0. The molecule has 1 rings (SSSR count). The van der Waals surface area contributed by atoms with Crippen LogP contribution in [0.15, 0.2) is 4.42 Å². The Bertz CT molecular complexity index is 382. The fraction of sp³-hybridized carbons (Fsp3) is 0.818. The van der Waals surface area contributed by atoms with Crippen LogP contribution in [0.1, 0.15) is 19.7 Å². The van der Waals surface area contributed by atoms with E-state index in [4.69, 9.17) is 4.42 Å². The first-order valence-electron chi connectivity index (χ1n) is 6.28. The monoisotopic (exact) mass is 296 g/mol. The van der Waals surface area contributed by atoms with Crippen LogP contribution in [-0.4, -0.2) is 42.7 Å². The summed E-state index contributed by atoms with van der Waals surface area (Å²) in [4.78, 5) is 0. The first-order valence-corrected chi connectivity index (χ1v) is 6.28. The van der Waals surface area contributed by atoms with Gasteiger partial charge in [0.15, 0.2) is 0 Å². The maximum atomic E-state index is 11.8. The summed E-state index contributed by atoms with van der Waals surface area (Å²) in [6.07, 6.45) is -4.31. The van der Waals surface area contributed by atoms with Gasteiger partial charge in [0, 0.05) is 6.54 Å². The van der Waals surface area contributed by atoms with Gasteiger partial charge in [0.2, 0.25) is 5.89 Å². The van der Waals surface area contributed by atoms with Crippen molar-refractivity contribution >= 4 is 6.01 Å². The van der Waals surface area contributed by atoms with Crippen molar-refractivity contribution < 1.29 is 22.3 Å². The molecule has 0 amide bonds. The lowest BCUT2D eigenvalue weighted by Gasteiger charge is -2.07. The maximum Gasteiger partial charge on any atom is 0.411 e. The second-order valence-electron chi connectivity index (χ2n) is 4.62. The second kappa shape index (κ2) is 8.05. The fourth-order valence-corrected chi connectivity index (χ4v) is 1.28. The quantitative estimate of drug-likeness (QED) is 0.677. The highest BCUT2D eigenvalue weighted by Crippen LogP contribution is 2.14. The average Bonchev–Trinajstić information content (AvgIpc) is 2.74. The van der Waals surface area contributed by atoms with Crippen LogP contribution in [0.5, 0.6) is 0 Å². The van der Waals surface area contributed by atoms with E-state index in [0.29, 0.717) is 18.4 Å². The summed E-state index contributed by atoms with van der Waals surface area (Å²) in [5, 5.41) is 13.3. The van der Waals surface area contributed by atoms with Crippen molar-refractivity contribution in [1.82, 2.24) is 15.5 Å². The molecule has 0 aliphatic rings. The fourth-order valence-electron chi connectivity index (χ4n) is 1.28. The van der Waals surface area contributed by atoms with Gasteiger partial charge in [-0.25, -0.2) is 0 Å². The normalized spacial score (nSPS) is 12.1. The zero-order valence-corrected chi connectivity index (χ0v) is 11.5. The largest absolute Gasteiger partial charge is 0.411 e. The number of rotatable bonds is 9. The Kier molecular flexibility index (Phi) is 6.73. The Labute approximate surface area is 115 Å². The molecule has 0 atom stereocenters. The third-order valence-electron chi connectivity index (χ3n) is 2.08. The number of nitrogens with one attached hydrogen (secondary N) is 2. The molecule has 0 unspecified atom stereocenters. The van der Waals surface area contributed by atoms with Gasteiger partial charge in [-0.2, -0.15) is 13.2 Å². The summed E-state index contributed by atoms with van der Waals surface area (Å²) in [5.41, 5.74) is 0. The molecule has 0 radical (unpaired) electrons. The second-order valence-corrected chi connectivity index (χ2v) is 4.62. The van der Waals surface area contributed by atoms with Gasteiger partial charge in [-0.05, 0) is 12.5 Å². The molecule has 0 bridgehead atoms. The van der Waals surface area contributed by atoms with Gasteiger partial charge in [0.05, 0.1) is 13.2 Å². The van der Waals surface area contributed by atoms with E-state index in [0.717, 1.165) is 6.54 Å². The molecular weight excluding hydrogens is 277 g/mol. The average molecular weight is 296 g/mol. The van der Waals surface area contributed by atoms with Gasteiger partial charge in [-0.1, -0.05) is 18.9 Å². The zero-order valence-electron chi connectivity index (χ0n) is 11.5. The summed E-state index contributed by atoms with van der Waals surface area (Å²) >= 11 is 0. The molecule has 9 heteroatoms. The van der Waals surface area contributed by atoms with E-state index in [1.165, 1.54) is 0 Å². The highest BCUT2D eigenvalue weighted by Gasteiger charge is 2.27.